The number of anilines is 1. The molecule has 0 unspecified atom stereocenters. The normalized spacial score (nSPS) is 15.4. The predicted octanol–water partition coefficient (Wildman–Crippen LogP) is 2.21. The molecule has 1 aliphatic carbocycles. The molecule has 1 aliphatic rings. The number of fused-ring (bicyclic) bond motifs is 1. The average Bonchev–Trinajstić information content (AvgIpc) is 3.23. The molecule has 8 nitrogen and oxygen atoms in total. The molecule has 2 heterocycles. The van der Waals surface area contributed by atoms with E-state index in [0.717, 1.165) is 23.8 Å². The van der Waals surface area contributed by atoms with Gasteiger partial charge in [0.15, 0.2) is 5.16 Å². The molecular formula is C16H18N6O2S. The summed E-state index contributed by atoms with van der Waals surface area (Å²) in [6.45, 7) is 3.78. The fraction of sp³-hybridized carbons (Fsp3) is 0.375. The van der Waals surface area contributed by atoms with Crippen molar-refractivity contribution in [1.29, 1.82) is 0 Å². The Morgan fingerprint density at radius 1 is 1.32 bits per heavy atom. The van der Waals surface area contributed by atoms with Crippen molar-refractivity contribution < 1.29 is 4.79 Å². The third kappa shape index (κ3) is 3.19. The van der Waals surface area contributed by atoms with Crippen LogP contribution in [0.2, 0.25) is 0 Å². The molecule has 0 spiro atoms. The lowest BCUT2D eigenvalue weighted by molar-refractivity contribution is -0.115. The van der Waals surface area contributed by atoms with Crippen molar-refractivity contribution in [3.8, 4) is 0 Å². The third-order valence-corrected chi connectivity index (χ3v) is 5.24. The minimum absolute atomic E-state index is 0.120. The molecule has 3 N–H and O–H groups in total. The van der Waals surface area contributed by atoms with Crippen molar-refractivity contribution in [3.63, 3.8) is 0 Å². The summed E-state index contributed by atoms with van der Waals surface area (Å²) in [5.74, 6) is 0.768. The van der Waals surface area contributed by atoms with Crippen LogP contribution in [0.3, 0.4) is 0 Å². The highest BCUT2D eigenvalue weighted by molar-refractivity contribution is 8.00. The first kappa shape index (κ1) is 15.9. The van der Waals surface area contributed by atoms with E-state index in [1.54, 1.807) is 18.2 Å². The summed E-state index contributed by atoms with van der Waals surface area (Å²) in [7, 11) is 0. The van der Waals surface area contributed by atoms with Gasteiger partial charge >= 0.3 is 5.69 Å². The van der Waals surface area contributed by atoms with Crippen LogP contribution in [0.1, 0.15) is 31.6 Å². The summed E-state index contributed by atoms with van der Waals surface area (Å²) in [5.41, 5.74) is 1.74. The Hall–Kier alpha value is -2.55. The van der Waals surface area contributed by atoms with Crippen LogP contribution in [0.5, 0.6) is 0 Å². The van der Waals surface area contributed by atoms with Gasteiger partial charge in [0.1, 0.15) is 5.82 Å². The molecule has 1 fully saturated rings. The molecule has 0 aliphatic heterocycles. The van der Waals surface area contributed by atoms with Gasteiger partial charge in [-0.15, -0.1) is 10.2 Å². The van der Waals surface area contributed by atoms with E-state index in [0.29, 0.717) is 22.8 Å². The number of carbonyl (C=O) groups is 1. The summed E-state index contributed by atoms with van der Waals surface area (Å²) in [4.78, 5) is 29.2. The Labute approximate surface area is 147 Å². The van der Waals surface area contributed by atoms with Gasteiger partial charge < -0.3 is 19.9 Å². The molecule has 1 aromatic carbocycles. The lowest BCUT2D eigenvalue weighted by atomic mass is 10.2. The van der Waals surface area contributed by atoms with Gasteiger partial charge in [-0.1, -0.05) is 11.8 Å². The largest absolute Gasteiger partial charge is 0.325 e. The number of aromatic amines is 2. The van der Waals surface area contributed by atoms with Crippen molar-refractivity contribution in [2.45, 2.75) is 43.1 Å². The first-order chi connectivity index (χ1) is 12.0. The fourth-order valence-corrected chi connectivity index (χ4v) is 3.71. The molecule has 1 saturated carbocycles. The second-order valence-electron chi connectivity index (χ2n) is 6.22. The molecule has 1 amide bonds. The van der Waals surface area contributed by atoms with Gasteiger partial charge in [-0.25, -0.2) is 4.79 Å². The van der Waals surface area contributed by atoms with Crippen molar-refractivity contribution in [1.82, 2.24) is 24.7 Å². The average molecular weight is 358 g/mol. The summed E-state index contributed by atoms with van der Waals surface area (Å²) in [5, 5.41) is 11.7. The molecule has 2 aromatic heterocycles. The Balaban J connectivity index is 1.47. The second kappa shape index (κ2) is 6.07. The smallest absolute Gasteiger partial charge is 0.323 e. The summed E-state index contributed by atoms with van der Waals surface area (Å²) in [6, 6.07) is 5.73. The van der Waals surface area contributed by atoms with Gasteiger partial charge in [-0.2, -0.15) is 0 Å². The topological polar surface area (TPSA) is 108 Å². The number of carbonyl (C=O) groups excluding carboxylic acids is 1. The van der Waals surface area contributed by atoms with Crippen LogP contribution < -0.4 is 11.0 Å². The molecule has 25 heavy (non-hydrogen) atoms. The van der Waals surface area contributed by atoms with Crippen LogP contribution >= 0.6 is 11.8 Å². The van der Waals surface area contributed by atoms with Crippen LogP contribution in [0.25, 0.3) is 11.0 Å². The number of benzene rings is 1. The minimum Gasteiger partial charge on any atom is -0.325 e. The molecule has 3 aromatic rings. The van der Waals surface area contributed by atoms with Crippen LogP contribution in [-0.2, 0) is 4.79 Å². The van der Waals surface area contributed by atoms with E-state index in [-0.39, 0.29) is 16.8 Å². The van der Waals surface area contributed by atoms with Gasteiger partial charge in [0.2, 0.25) is 5.91 Å². The quantitative estimate of drug-likeness (QED) is 0.606. The molecule has 0 radical (unpaired) electrons. The SMILES string of the molecule is Cc1nnc(S[C@H](C)C(=O)Nc2ccc3[nH]c(=O)[nH]c3c2)n1C1CC1. The van der Waals surface area contributed by atoms with Crippen LogP contribution in [-0.4, -0.2) is 35.9 Å². The van der Waals surface area contributed by atoms with Crippen molar-refractivity contribution in [2.24, 2.45) is 0 Å². The zero-order valence-electron chi connectivity index (χ0n) is 13.9. The molecular weight excluding hydrogens is 340 g/mol. The first-order valence-electron chi connectivity index (χ1n) is 8.12. The zero-order valence-corrected chi connectivity index (χ0v) is 14.7. The number of thioether (sulfide) groups is 1. The van der Waals surface area contributed by atoms with Gasteiger partial charge in [0.05, 0.1) is 16.3 Å². The fourth-order valence-electron chi connectivity index (χ4n) is 2.75. The Morgan fingerprint density at radius 2 is 2.08 bits per heavy atom. The van der Waals surface area contributed by atoms with E-state index >= 15 is 0 Å². The van der Waals surface area contributed by atoms with Crippen LogP contribution in [0, 0.1) is 6.92 Å². The number of hydrogen-bond donors (Lipinski definition) is 3. The summed E-state index contributed by atoms with van der Waals surface area (Å²) >= 11 is 1.41. The van der Waals surface area contributed by atoms with E-state index in [1.807, 2.05) is 13.8 Å². The zero-order chi connectivity index (χ0) is 17.6. The van der Waals surface area contributed by atoms with Gasteiger partial charge in [-0.3, -0.25) is 4.79 Å². The molecule has 130 valence electrons. The van der Waals surface area contributed by atoms with Gasteiger partial charge in [-0.05, 0) is 44.9 Å². The number of imidazole rings is 1. The number of nitrogens with zero attached hydrogens (tertiary/aromatic N) is 3. The highest BCUT2D eigenvalue weighted by Gasteiger charge is 2.29. The first-order valence-corrected chi connectivity index (χ1v) is 9.00. The Kier molecular flexibility index (Phi) is 3.87. The lowest BCUT2D eigenvalue weighted by Gasteiger charge is -2.12. The monoisotopic (exact) mass is 358 g/mol. The van der Waals surface area contributed by atoms with Crippen molar-refractivity contribution in [3.05, 3.63) is 34.5 Å². The van der Waals surface area contributed by atoms with E-state index in [2.05, 4.69) is 30.0 Å². The summed E-state index contributed by atoms with van der Waals surface area (Å²) < 4.78 is 2.12. The highest BCUT2D eigenvalue weighted by atomic mass is 32.2. The van der Waals surface area contributed by atoms with Gasteiger partial charge in [0.25, 0.3) is 0 Å². The second-order valence-corrected chi connectivity index (χ2v) is 7.53. The molecule has 1 atom stereocenters. The Bertz CT molecular complexity index is 1000. The highest BCUT2D eigenvalue weighted by Crippen LogP contribution is 2.39. The number of hydrogen-bond acceptors (Lipinski definition) is 5. The maximum atomic E-state index is 12.5. The van der Waals surface area contributed by atoms with Crippen molar-refractivity contribution >= 4 is 34.4 Å². The minimum atomic E-state index is -0.318. The lowest BCUT2D eigenvalue weighted by Crippen LogP contribution is -2.23. The molecule has 4 rings (SSSR count). The number of H-pyrrole nitrogens is 2. The van der Waals surface area contributed by atoms with Crippen LogP contribution in [0.15, 0.2) is 28.2 Å². The van der Waals surface area contributed by atoms with Gasteiger partial charge in [0, 0.05) is 11.7 Å². The number of aryl methyl sites for hydroxylation is 1. The molecule has 0 bridgehead atoms. The summed E-state index contributed by atoms with van der Waals surface area (Å²) in [6.07, 6.45) is 2.28. The maximum absolute atomic E-state index is 12.5. The standard InChI is InChI=1S/C16H18N6O2S/c1-8(25-16-21-20-9(2)22(16)11-4-5-11)14(23)17-10-3-6-12-13(7-10)19-15(24)18-12/h3,6-8,11H,4-5H2,1-2H3,(H,17,23)(H2,18,19,24)/t8-/m1/s1. The van der Waals surface area contributed by atoms with E-state index in [1.165, 1.54) is 11.8 Å². The van der Waals surface area contributed by atoms with E-state index in [4.69, 9.17) is 0 Å². The number of aromatic nitrogens is 5. The molecule has 0 saturated heterocycles. The number of nitrogens with one attached hydrogen (secondary N) is 3. The number of rotatable bonds is 5. The Morgan fingerprint density at radius 3 is 2.84 bits per heavy atom. The maximum Gasteiger partial charge on any atom is 0.323 e. The third-order valence-electron chi connectivity index (χ3n) is 4.18. The van der Waals surface area contributed by atoms with Crippen molar-refractivity contribution in [2.75, 3.05) is 5.32 Å². The van der Waals surface area contributed by atoms with E-state index < -0.39 is 0 Å². The van der Waals surface area contributed by atoms with E-state index in [9.17, 15) is 9.59 Å². The van der Waals surface area contributed by atoms with Crippen LogP contribution in [0.4, 0.5) is 5.69 Å². The molecule has 9 heteroatoms. The predicted molar refractivity (Wildman–Crippen MR) is 95.9 cm³/mol. The number of amides is 1.